The van der Waals surface area contributed by atoms with Crippen molar-refractivity contribution in [2.24, 2.45) is 5.92 Å². The van der Waals surface area contributed by atoms with E-state index in [4.69, 9.17) is 0 Å². The van der Waals surface area contributed by atoms with E-state index in [1.165, 1.54) is 25.7 Å². The van der Waals surface area contributed by atoms with Gasteiger partial charge in [0, 0.05) is 6.04 Å². The predicted molar refractivity (Wildman–Crippen MR) is 52.1 cm³/mol. The van der Waals surface area contributed by atoms with Crippen LogP contribution in [0.25, 0.3) is 0 Å². The van der Waals surface area contributed by atoms with Crippen molar-refractivity contribution in [2.45, 2.75) is 57.0 Å². The highest BCUT2D eigenvalue weighted by Crippen LogP contribution is 2.34. The molecule has 2 rings (SSSR count). The van der Waals surface area contributed by atoms with Crippen LogP contribution in [-0.4, -0.2) is 11.6 Å². The Balaban J connectivity index is 2.00. The monoisotopic (exact) mass is 178 g/mol. The van der Waals surface area contributed by atoms with Gasteiger partial charge in [0.1, 0.15) is 5.54 Å². The number of nitriles is 1. The second-order valence-electron chi connectivity index (χ2n) is 4.81. The van der Waals surface area contributed by atoms with Gasteiger partial charge in [0.05, 0.1) is 6.07 Å². The highest BCUT2D eigenvalue weighted by atomic mass is 15.0. The van der Waals surface area contributed by atoms with Crippen molar-refractivity contribution in [1.82, 2.24) is 5.32 Å². The molecule has 2 aliphatic rings. The molecule has 0 aliphatic heterocycles. The SMILES string of the molecule is CC1CCCC(C#N)(NC2CC2)C1. The molecule has 2 heteroatoms. The van der Waals surface area contributed by atoms with Crippen molar-refractivity contribution in [3.63, 3.8) is 0 Å². The molecule has 2 nitrogen and oxygen atoms in total. The molecule has 0 aromatic rings. The third-order valence-corrected chi connectivity index (χ3v) is 3.27. The average Bonchev–Trinajstić information content (AvgIpc) is 2.88. The largest absolute Gasteiger partial charge is 0.297 e. The topological polar surface area (TPSA) is 35.8 Å². The van der Waals surface area contributed by atoms with Crippen molar-refractivity contribution in [3.8, 4) is 6.07 Å². The molecule has 0 saturated heterocycles. The molecule has 13 heavy (non-hydrogen) atoms. The van der Waals surface area contributed by atoms with Gasteiger partial charge < -0.3 is 0 Å². The molecule has 0 spiro atoms. The molecule has 0 heterocycles. The maximum Gasteiger partial charge on any atom is 0.107 e. The Morgan fingerprint density at radius 3 is 2.69 bits per heavy atom. The molecule has 2 unspecified atom stereocenters. The van der Waals surface area contributed by atoms with Crippen LogP contribution in [0.2, 0.25) is 0 Å². The fourth-order valence-electron chi connectivity index (χ4n) is 2.43. The van der Waals surface area contributed by atoms with Gasteiger partial charge in [-0.1, -0.05) is 19.8 Å². The van der Waals surface area contributed by atoms with E-state index < -0.39 is 0 Å². The number of hydrogen-bond acceptors (Lipinski definition) is 2. The fourth-order valence-corrected chi connectivity index (χ4v) is 2.43. The third kappa shape index (κ3) is 2.03. The van der Waals surface area contributed by atoms with E-state index in [1.54, 1.807) is 0 Å². The lowest BCUT2D eigenvalue weighted by atomic mass is 9.77. The summed E-state index contributed by atoms with van der Waals surface area (Å²) in [5, 5.41) is 12.7. The highest BCUT2D eigenvalue weighted by molar-refractivity contribution is 5.11. The molecule has 0 aromatic heterocycles. The van der Waals surface area contributed by atoms with Gasteiger partial charge in [-0.25, -0.2) is 0 Å². The summed E-state index contributed by atoms with van der Waals surface area (Å²) in [6.45, 7) is 2.26. The van der Waals surface area contributed by atoms with Crippen LogP contribution in [0.3, 0.4) is 0 Å². The Bertz CT molecular complexity index is 223. The molecule has 1 N–H and O–H groups in total. The molecule has 2 atom stereocenters. The molecular formula is C11H18N2. The van der Waals surface area contributed by atoms with Crippen LogP contribution in [0.15, 0.2) is 0 Å². The zero-order valence-corrected chi connectivity index (χ0v) is 8.34. The first kappa shape index (κ1) is 9.02. The van der Waals surface area contributed by atoms with Gasteiger partial charge in [-0.2, -0.15) is 5.26 Å². The van der Waals surface area contributed by atoms with Gasteiger partial charge >= 0.3 is 0 Å². The second-order valence-corrected chi connectivity index (χ2v) is 4.81. The smallest absolute Gasteiger partial charge is 0.107 e. The van der Waals surface area contributed by atoms with Crippen LogP contribution in [-0.2, 0) is 0 Å². The number of rotatable bonds is 2. The molecular weight excluding hydrogens is 160 g/mol. The van der Waals surface area contributed by atoms with Crippen molar-refractivity contribution in [3.05, 3.63) is 0 Å². The highest BCUT2D eigenvalue weighted by Gasteiger charge is 2.39. The summed E-state index contributed by atoms with van der Waals surface area (Å²) in [6.07, 6.45) is 7.18. The Morgan fingerprint density at radius 1 is 1.38 bits per heavy atom. The summed E-state index contributed by atoms with van der Waals surface area (Å²) < 4.78 is 0. The summed E-state index contributed by atoms with van der Waals surface area (Å²) in [6, 6.07) is 3.17. The molecule has 2 saturated carbocycles. The van der Waals surface area contributed by atoms with Gasteiger partial charge in [-0.3, -0.25) is 5.32 Å². The van der Waals surface area contributed by atoms with Crippen LogP contribution in [0, 0.1) is 17.2 Å². The van der Waals surface area contributed by atoms with Crippen LogP contribution in [0.1, 0.15) is 45.4 Å². The lowest BCUT2D eigenvalue weighted by Gasteiger charge is -2.35. The van der Waals surface area contributed by atoms with Crippen LogP contribution < -0.4 is 5.32 Å². The Morgan fingerprint density at radius 2 is 2.15 bits per heavy atom. The summed E-state index contributed by atoms with van der Waals surface area (Å²) in [4.78, 5) is 0. The fraction of sp³-hybridized carbons (Fsp3) is 0.909. The Labute approximate surface area is 80.3 Å². The molecule has 0 bridgehead atoms. The average molecular weight is 178 g/mol. The molecule has 72 valence electrons. The van der Waals surface area contributed by atoms with E-state index in [-0.39, 0.29) is 5.54 Å². The summed E-state index contributed by atoms with van der Waals surface area (Å²) >= 11 is 0. The molecule has 0 radical (unpaired) electrons. The van der Waals surface area contributed by atoms with Gasteiger partial charge in [0.15, 0.2) is 0 Å². The minimum Gasteiger partial charge on any atom is -0.297 e. The first-order valence-corrected chi connectivity index (χ1v) is 5.43. The van der Waals surface area contributed by atoms with E-state index in [9.17, 15) is 5.26 Å². The van der Waals surface area contributed by atoms with Crippen molar-refractivity contribution in [2.75, 3.05) is 0 Å². The number of nitrogens with one attached hydrogen (secondary N) is 1. The summed E-state index contributed by atoms with van der Waals surface area (Å²) in [5.74, 6) is 0.722. The first-order valence-electron chi connectivity index (χ1n) is 5.43. The second kappa shape index (κ2) is 3.31. The van der Waals surface area contributed by atoms with Gasteiger partial charge in [-0.15, -0.1) is 0 Å². The minimum atomic E-state index is -0.168. The lowest BCUT2D eigenvalue weighted by Crippen LogP contribution is -2.48. The number of nitrogens with zero attached hydrogens (tertiary/aromatic N) is 1. The first-order chi connectivity index (χ1) is 6.24. The minimum absolute atomic E-state index is 0.168. The quantitative estimate of drug-likeness (QED) is 0.703. The van der Waals surface area contributed by atoms with Crippen molar-refractivity contribution < 1.29 is 0 Å². The van der Waals surface area contributed by atoms with Crippen LogP contribution >= 0.6 is 0 Å². The van der Waals surface area contributed by atoms with Gasteiger partial charge in [-0.05, 0) is 31.6 Å². The summed E-state index contributed by atoms with van der Waals surface area (Å²) in [5.41, 5.74) is -0.168. The maximum atomic E-state index is 9.22. The molecule has 0 amide bonds. The third-order valence-electron chi connectivity index (χ3n) is 3.27. The van der Waals surface area contributed by atoms with Crippen LogP contribution in [0.5, 0.6) is 0 Å². The van der Waals surface area contributed by atoms with Gasteiger partial charge in [0.2, 0.25) is 0 Å². The zero-order chi connectivity index (χ0) is 9.31. The van der Waals surface area contributed by atoms with Crippen molar-refractivity contribution in [1.29, 1.82) is 5.26 Å². The van der Waals surface area contributed by atoms with Crippen LogP contribution in [0.4, 0.5) is 0 Å². The van der Waals surface area contributed by atoms with E-state index in [2.05, 4.69) is 18.3 Å². The Hall–Kier alpha value is -0.550. The molecule has 0 aromatic carbocycles. The summed E-state index contributed by atoms with van der Waals surface area (Å²) in [7, 11) is 0. The number of hydrogen-bond donors (Lipinski definition) is 1. The molecule has 2 aliphatic carbocycles. The lowest BCUT2D eigenvalue weighted by molar-refractivity contribution is 0.239. The standard InChI is InChI=1S/C11H18N2/c1-9-3-2-6-11(7-9,8-12)13-10-4-5-10/h9-10,13H,2-7H2,1H3. The van der Waals surface area contributed by atoms with Crippen molar-refractivity contribution >= 4 is 0 Å². The maximum absolute atomic E-state index is 9.22. The van der Waals surface area contributed by atoms with E-state index in [0.29, 0.717) is 6.04 Å². The normalized spacial score (nSPS) is 39.8. The zero-order valence-electron chi connectivity index (χ0n) is 8.34. The van der Waals surface area contributed by atoms with Gasteiger partial charge in [0.25, 0.3) is 0 Å². The predicted octanol–water partition coefficient (Wildman–Crippen LogP) is 2.21. The molecule has 2 fully saturated rings. The van der Waals surface area contributed by atoms with E-state index in [0.717, 1.165) is 18.8 Å². The Kier molecular flexibility index (Phi) is 2.29. The van der Waals surface area contributed by atoms with E-state index in [1.807, 2.05) is 0 Å². The van der Waals surface area contributed by atoms with E-state index >= 15 is 0 Å².